The highest BCUT2D eigenvalue weighted by atomic mass is 16.3. The number of anilines is 1. The van der Waals surface area contributed by atoms with Gasteiger partial charge in [-0.2, -0.15) is 0 Å². The molecule has 3 N–H and O–H groups in total. The van der Waals surface area contributed by atoms with Gasteiger partial charge < -0.3 is 15.7 Å². The topological polar surface area (TPSA) is 61.4 Å². The fourth-order valence-corrected chi connectivity index (χ4v) is 1.65. The molecular weight excluding hydrogens is 240 g/mol. The van der Waals surface area contributed by atoms with Gasteiger partial charge in [0.2, 0.25) is 0 Å². The van der Waals surface area contributed by atoms with E-state index in [0.717, 1.165) is 11.3 Å². The Balaban J connectivity index is 2.33. The average molecular weight is 264 g/mol. The number of benzene rings is 1. The van der Waals surface area contributed by atoms with Crippen LogP contribution in [0.25, 0.3) is 0 Å². The summed E-state index contributed by atoms with van der Waals surface area (Å²) in [4.78, 5) is 11.7. The molecule has 2 amide bonds. The SMILES string of the molecule is Cc1cccc(NC(=O)NCC[C@H](O)C(C)(C)C)c1. The van der Waals surface area contributed by atoms with Crippen molar-refractivity contribution in [1.29, 1.82) is 0 Å². The van der Waals surface area contributed by atoms with Gasteiger partial charge in [-0.3, -0.25) is 0 Å². The maximum Gasteiger partial charge on any atom is 0.319 e. The van der Waals surface area contributed by atoms with Crippen molar-refractivity contribution in [1.82, 2.24) is 5.32 Å². The van der Waals surface area contributed by atoms with E-state index in [0.29, 0.717) is 13.0 Å². The van der Waals surface area contributed by atoms with Crippen LogP contribution in [0, 0.1) is 12.3 Å². The summed E-state index contributed by atoms with van der Waals surface area (Å²) in [6.07, 6.45) is 0.122. The summed E-state index contributed by atoms with van der Waals surface area (Å²) in [5, 5.41) is 15.4. The zero-order valence-electron chi connectivity index (χ0n) is 12.2. The van der Waals surface area contributed by atoms with Gasteiger partial charge in [0.15, 0.2) is 0 Å². The Bertz CT molecular complexity index is 424. The molecule has 4 nitrogen and oxygen atoms in total. The number of nitrogens with one attached hydrogen (secondary N) is 2. The molecule has 0 spiro atoms. The van der Waals surface area contributed by atoms with Crippen LogP contribution in [0.5, 0.6) is 0 Å². The minimum Gasteiger partial charge on any atom is -0.393 e. The van der Waals surface area contributed by atoms with Crippen molar-refractivity contribution in [3.63, 3.8) is 0 Å². The summed E-state index contributed by atoms with van der Waals surface area (Å²) < 4.78 is 0. The van der Waals surface area contributed by atoms with Crippen molar-refractivity contribution in [3.05, 3.63) is 29.8 Å². The van der Waals surface area contributed by atoms with Crippen molar-refractivity contribution in [2.24, 2.45) is 5.41 Å². The molecule has 0 heterocycles. The Morgan fingerprint density at radius 3 is 2.63 bits per heavy atom. The van der Waals surface area contributed by atoms with Gasteiger partial charge in [-0.15, -0.1) is 0 Å². The number of amides is 2. The first-order valence-corrected chi connectivity index (χ1v) is 6.58. The van der Waals surface area contributed by atoms with Gasteiger partial charge in [0.1, 0.15) is 0 Å². The first-order chi connectivity index (χ1) is 8.79. The minimum absolute atomic E-state index is 0.158. The molecular formula is C15H24N2O2. The van der Waals surface area contributed by atoms with E-state index in [1.54, 1.807) is 0 Å². The Kier molecular flexibility index (Phi) is 5.36. The predicted octanol–water partition coefficient (Wildman–Crippen LogP) is 2.91. The highest BCUT2D eigenvalue weighted by Crippen LogP contribution is 2.20. The summed E-state index contributed by atoms with van der Waals surface area (Å²) in [5.74, 6) is 0. The molecule has 0 fully saturated rings. The molecule has 0 saturated carbocycles. The zero-order chi connectivity index (χ0) is 14.5. The molecule has 1 rings (SSSR count). The van der Waals surface area contributed by atoms with E-state index in [9.17, 15) is 9.90 Å². The Morgan fingerprint density at radius 2 is 2.05 bits per heavy atom. The second-order valence-electron chi connectivity index (χ2n) is 5.92. The van der Waals surface area contributed by atoms with Crippen LogP contribution in [0.4, 0.5) is 10.5 Å². The smallest absolute Gasteiger partial charge is 0.319 e. The number of carbonyl (C=O) groups is 1. The van der Waals surface area contributed by atoms with E-state index in [-0.39, 0.29) is 11.4 Å². The quantitative estimate of drug-likeness (QED) is 0.783. The van der Waals surface area contributed by atoms with Crippen LogP contribution in [0.15, 0.2) is 24.3 Å². The highest BCUT2D eigenvalue weighted by Gasteiger charge is 2.21. The molecule has 1 aromatic rings. The van der Waals surface area contributed by atoms with Crippen LogP contribution < -0.4 is 10.6 Å². The number of carbonyl (C=O) groups excluding carboxylic acids is 1. The largest absolute Gasteiger partial charge is 0.393 e. The highest BCUT2D eigenvalue weighted by molar-refractivity contribution is 5.89. The molecule has 0 aliphatic carbocycles. The maximum atomic E-state index is 11.7. The van der Waals surface area contributed by atoms with Crippen molar-refractivity contribution in [2.75, 3.05) is 11.9 Å². The minimum atomic E-state index is -0.424. The van der Waals surface area contributed by atoms with Gasteiger partial charge in [0.05, 0.1) is 6.10 Å². The standard InChI is InChI=1S/C15H24N2O2/c1-11-6-5-7-12(10-11)17-14(19)16-9-8-13(18)15(2,3)4/h5-7,10,13,18H,8-9H2,1-4H3,(H2,16,17,19)/t13-/m0/s1. The third kappa shape index (κ3) is 5.75. The van der Waals surface area contributed by atoms with E-state index >= 15 is 0 Å². The Hall–Kier alpha value is -1.55. The van der Waals surface area contributed by atoms with E-state index in [1.165, 1.54) is 0 Å². The molecule has 19 heavy (non-hydrogen) atoms. The van der Waals surface area contributed by atoms with Crippen molar-refractivity contribution >= 4 is 11.7 Å². The lowest BCUT2D eigenvalue weighted by atomic mass is 9.87. The summed E-state index contributed by atoms with van der Waals surface area (Å²) in [7, 11) is 0. The molecule has 0 saturated heterocycles. The fourth-order valence-electron chi connectivity index (χ4n) is 1.65. The number of hydrogen-bond donors (Lipinski definition) is 3. The summed E-state index contributed by atoms with van der Waals surface area (Å²) in [6.45, 7) is 8.36. The molecule has 4 heteroatoms. The van der Waals surface area contributed by atoms with Crippen LogP contribution in [-0.4, -0.2) is 23.8 Å². The lowest BCUT2D eigenvalue weighted by molar-refractivity contribution is 0.0565. The van der Waals surface area contributed by atoms with Crippen molar-refractivity contribution in [2.45, 2.75) is 40.2 Å². The van der Waals surface area contributed by atoms with Crippen molar-refractivity contribution in [3.8, 4) is 0 Å². The third-order valence-electron chi connectivity index (χ3n) is 2.98. The molecule has 0 aromatic heterocycles. The molecule has 0 bridgehead atoms. The number of aliphatic hydroxyl groups is 1. The van der Waals surface area contributed by atoms with Gasteiger partial charge in [0.25, 0.3) is 0 Å². The van der Waals surface area contributed by atoms with Crippen LogP contribution >= 0.6 is 0 Å². The lowest BCUT2D eigenvalue weighted by Gasteiger charge is -2.25. The van der Waals surface area contributed by atoms with Gasteiger partial charge in [-0.25, -0.2) is 4.79 Å². The van der Waals surface area contributed by atoms with E-state index in [4.69, 9.17) is 0 Å². The molecule has 0 aliphatic heterocycles. The normalized spacial score (nSPS) is 12.9. The van der Waals surface area contributed by atoms with Gasteiger partial charge >= 0.3 is 6.03 Å². The second-order valence-corrected chi connectivity index (χ2v) is 5.92. The Morgan fingerprint density at radius 1 is 1.37 bits per heavy atom. The molecule has 106 valence electrons. The summed E-state index contributed by atoms with van der Waals surface area (Å²) >= 11 is 0. The average Bonchev–Trinajstić information content (AvgIpc) is 2.27. The van der Waals surface area contributed by atoms with E-state index in [2.05, 4.69) is 10.6 Å². The molecule has 1 aromatic carbocycles. The van der Waals surface area contributed by atoms with Crippen molar-refractivity contribution < 1.29 is 9.90 Å². The summed E-state index contributed by atoms with van der Waals surface area (Å²) in [6, 6.07) is 7.38. The number of rotatable bonds is 4. The number of hydrogen-bond acceptors (Lipinski definition) is 2. The third-order valence-corrected chi connectivity index (χ3v) is 2.98. The molecule has 0 unspecified atom stereocenters. The van der Waals surface area contributed by atoms with Crippen LogP contribution in [0.1, 0.15) is 32.8 Å². The predicted molar refractivity (Wildman–Crippen MR) is 78.3 cm³/mol. The first-order valence-electron chi connectivity index (χ1n) is 6.58. The molecule has 0 radical (unpaired) electrons. The molecule has 0 aliphatic rings. The van der Waals surface area contributed by atoms with Crippen LogP contribution in [0.2, 0.25) is 0 Å². The Labute approximate surface area is 115 Å². The van der Waals surface area contributed by atoms with Crippen LogP contribution in [-0.2, 0) is 0 Å². The van der Waals surface area contributed by atoms with Gasteiger partial charge in [-0.05, 0) is 36.5 Å². The van der Waals surface area contributed by atoms with Gasteiger partial charge in [-0.1, -0.05) is 32.9 Å². The fraction of sp³-hybridized carbons (Fsp3) is 0.533. The van der Waals surface area contributed by atoms with Crippen LogP contribution in [0.3, 0.4) is 0 Å². The second kappa shape index (κ2) is 6.57. The number of aliphatic hydroxyl groups excluding tert-OH is 1. The van der Waals surface area contributed by atoms with E-state index < -0.39 is 6.10 Å². The van der Waals surface area contributed by atoms with Gasteiger partial charge in [0, 0.05) is 12.2 Å². The number of aryl methyl sites for hydroxylation is 1. The number of urea groups is 1. The molecule has 1 atom stereocenters. The first kappa shape index (κ1) is 15.5. The summed E-state index contributed by atoms with van der Waals surface area (Å²) in [5.41, 5.74) is 1.71. The maximum absolute atomic E-state index is 11.7. The monoisotopic (exact) mass is 264 g/mol. The lowest BCUT2D eigenvalue weighted by Crippen LogP contribution is -2.34. The van der Waals surface area contributed by atoms with E-state index in [1.807, 2.05) is 52.0 Å². The zero-order valence-corrected chi connectivity index (χ0v) is 12.2.